The molecule has 1 aliphatic heterocycles. The minimum absolute atomic E-state index is 0.159. The largest absolute Gasteiger partial charge is 0.362 e. The van der Waals surface area contributed by atoms with Crippen molar-refractivity contribution in [2.24, 2.45) is 0 Å². The zero-order valence-electron chi connectivity index (χ0n) is 10.4. The van der Waals surface area contributed by atoms with E-state index < -0.39 is 0 Å². The molecule has 3 heteroatoms. The van der Waals surface area contributed by atoms with E-state index in [2.05, 4.69) is 48.0 Å². The second kappa shape index (κ2) is 5.22. The first-order chi connectivity index (χ1) is 8.84. The van der Waals surface area contributed by atoms with Gasteiger partial charge in [0.1, 0.15) is 6.10 Å². The summed E-state index contributed by atoms with van der Waals surface area (Å²) in [5.74, 6) is 0. The highest BCUT2D eigenvalue weighted by Crippen LogP contribution is 2.33. The lowest BCUT2D eigenvalue weighted by atomic mass is 10.1. The van der Waals surface area contributed by atoms with E-state index >= 15 is 0 Å². The zero-order chi connectivity index (χ0) is 12.4. The summed E-state index contributed by atoms with van der Waals surface area (Å²) in [7, 11) is 0. The molecule has 2 nitrogen and oxygen atoms in total. The molecule has 0 saturated carbocycles. The molecule has 1 N–H and O–H groups in total. The summed E-state index contributed by atoms with van der Waals surface area (Å²) in [6.07, 6.45) is 0.343. The van der Waals surface area contributed by atoms with E-state index in [-0.39, 0.29) is 12.2 Å². The Morgan fingerprint density at radius 2 is 1.89 bits per heavy atom. The normalized spacial score (nSPS) is 24.1. The molecular weight excluding hydrogens is 242 g/mol. The summed E-state index contributed by atoms with van der Waals surface area (Å²) in [5.41, 5.74) is 2.59. The van der Waals surface area contributed by atoms with Crippen LogP contribution in [-0.2, 0) is 4.74 Å². The molecule has 3 rings (SSSR count). The molecule has 1 aromatic heterocycles. The van der Waals surface area contributed by atoms with Crippen LogP contribution >= 0.6 is 11.3 Å². The summed E-state index contributed by atoms with van der Waals surface area (Å²) < 4.78 is 6.25. The van der Waals surface area contributed by atoms with Gasteiger partial charge in [-0.2, -0.15) is 0 Å². The highest BCUT2D eigenvalue weighted by atomic mass is 32.1. The Balaban J connectivity index is 1.79. The first kappa shape index (κ1) is 11.9. The van der Waals surface area contributed by atoms with Crippen molar-refractivity contribution in [2.45, 2.75) is 19.1 Å². The molecule has 2 atom stereocenters. The maximum atomic E-state index is 6.25. The molecule has 1 saturated heterocycles. The molecule has 0 bridgehead atoms. The van der Waals surface area contributed by atoms with Gasteiger partial charge in [0.25, 0.3) is 0 Å². The van der Waals surface area contributed by atoms with E-state index in [1.807, 2.05) is 6.07 Å². The number of benzene rings is 1. The highest BCUT2D eigenvalue weighted by Gasteiger charge is 2.26. The third kappa shape index (κ3) is 2.34. The molecule has 1 aliphatic rings. The summed E-state index contributed by atoms with van der Waals surface area (Å²) in [4.78, 5) is 1.35. The standard InChI is InChI=1S/C15H17NOS/c1-11-7-8-18-15(11)14-10-16-9-13(17-14)12-5-3-2-4-6-12/h2-8,13-14,16H,9-10H2,1H3. The molecule has 2 heterocycles. The van der Waals surface area contributed by atoms with E-state index in [1.165, 1.54) is 16.0 Å². The van der Waals surface area contributed by atoms with E-state index in [0.717, 1.165) is 13.1 Å². The van der Waals surface area contributed by atoms with Gasteiger partial charge in [0.2, 0.25) is 0 Å². The Labute approximate surface area is 112 Å². The van der Waals surface area contributed by atoms with Crippen molar-refractivity contribution >= 4 is 11.3 Å². The second-order valence-electron chi connectivity index (χ2n) is 4.65. The van der Waals surface area contributed by atoms with Gasteiger partial charge in [-0.3, -0.25) is 0 Å². The van der Waals surface area contributed by atoms with Crippen LogP contribution in [0, 0.1) is 6.92 Å². The monoisotopic (exact) mass is 259 g/mol. The van der Waals surface area contributed by atoms with Crippen LogP contribution in [0.15, 0.2) is 41.8 Å². The van der Waals surface area contributed by atoms with Crippen LogP contribution in [0.4, 0.5) is 0 Å². The maximum absolute atomic E-state index is 6.25. The Hall–Kier alpha value is -1.16. The van der Waals surface area contributed by atoms with Crippen LogP contribution in [0.5, 0.6) is 0 Å². The number of hydrogen-bond acceptors (Lipinski definition) is 3. The second-order valence-corrected chi connectivity index (χ2v) is 5.60. The van der Waals surface area contributed by atoms with Crippen LogP contribution < -0.4 is 5.32 Å². The minimum Gasteiger partial charge on any atom is -0.362 e. The van der Waals surface area contributed by atoms with Crippen LogP contribution in [-0.4, -0.2) is 13.1 Å². The van der Waals surface area contributed by atoms with Crippen LogP contribution in [0.3, 0.4) is 0 Å². The van der Waals surface area contributed by atoms with Crippen LogP contribution in [0.25, 0.3) is 0 Å². The van der Waals surface area contributed by atoms with Gasteiger partial charge < -0.3 is 10.1 Å². The summed E-state index contributed by atoms with van der Waals surface area (Å²) in [5, 5.41) is 5.62. The van der Waals surface area contributed by atoms with E-state index in [1.54, 1.807) is 11.3 Å². The predicted octanol–water partition coefficient (Wildman–Crippen LogP) is 3.46. The highest BCUT2D eigenvalue weighted by molar-refractivity contribution is 7.10. The fourth-order valence-corrected chi connectivity index (χ4v) is 3.34. The van der Waals surface area contributed by atoms with Crippen molar-refractivity contribution in [1.82, 2.24) is 5.32 Å². The molecule has 94 valence electrons. The SMILES string of the molecule is Cc1ccsc1C1CNCC(c2ccccc2)O1. The van der Waals surface area contributed by atoms with Gasteiger partial charge in [-0.15, -0.1) is 11.3 Å². The minimum atomic E-state index is 0.159. The van der Waals surface area contributed by atoms with E-state index in [0.29, 0.717) is 0 Å². The molecule has 1 aromatic carbocycles. The first-order valence-electron chi connectivity index (χ1n) is 6.29. The average Bonchev–Trinajstić information content (AvgIpc) is 2.86. The van der Waals surface area contributed by atoms with Gasteiger partial charge in [-0.1, -0.05) is 30.3 Å². The number of morpholine rings is 1. The van der Waals surface area contributed by atoms with Gasteiger partial charge in [0.15, 0.2) is 0 Å². The summed E-state index contributed by atoms with van der Waals surface area (Å²) in [6.45, 7) is 3.96. The lowest BCUT2D eigenvalue weighted by Gasteiger charge is -2.31. The number of rotatable bonds is 2. The van der Waals surface area contributed by atoms with Crippen molar-refractivity contribution in [3.8, 4) is 0 Å². The molecule has 2 aromatic rings. The number of thiophene rings is 1. The number of nitrogens with one attached hydrogen (secondary N) is 1. The Kier molecular flexibility index (Phi) is 3.46. The third-order valence-electron chi connectivity index (χ3n) is 3.35. The lowest BCUT2D eigenvalue weighted by molar-refractivity contribution is -0.0390. The molecule has 18 heavy (non-hydrogen) atoms. The average molecular weight is 259 g/mol. The zero-order valence-corrected chi connectivity index (χ0v) is 11.2. The van der Waals surface area contributed by atoms with E-state index in [4.69, 9.17) is 4.74 Å². The fourth-order valence-electron chi connectivity index (χ4n) is 2.37. The third-order valence-corrected chi connectivity index (χ3v) is 4.46. The van der Waals surface area contributed by atoms with Gasteiger partial charge >= 0.3 is 0 Å². The lowest BCUT2D eigenvalue weighted by Crippen LogP contribution is -2.35. The van der Waals surface area contributed by atoms with Crippen molar-refractivity contribution in [3.63, 3.8) is 0 Å². The number of aryl methyl sites for hydroxylation is 1. The van der Waals surface area contributed by atoms with Gasteiger partial charge in [-0.05, 0) is 29.5 Å². The Morgan fingerprint density at radius 1 is 1.11 bits per heavy atom. The van der Waals surface area contributed by atoms with Gasteiger partial charge in [-0.25, -0.2) is 0 Å². The molecule has 0 spiro atoms. The van der Waals surface area contributed by atoms with Crippen LogP contribution in [0.2, 0.25) is 0 Å². The van der Waals surface area contributed by atoms with Gasteiger partial charge in [0, 0.05) is 18.0 Å². The van der Waals surface area contributed by atoms with E-state index in [9.17, 15) is 0 Å². The number of hydrogen-bond donors (Lipinski definition) is 1. The molecule has 0 amide bonds. The predicted molar refractivity (Wildman–Crippen MR) is 74.9 cm³/mol. The van der Waals surface area contributed by atoms with Crippen molar-refractivity contribution < 1.29 is 4.74 Å². The summed E-state index contributed by atoms with van der Waals surface area (Å²) in [6, 6.07) is 12.6. The van der Waals surface area contributed by atoms with Crippen molar-refractivity contribution in [1.29, 1.82) is 0 Å². The smallest absolute Gasteiger partial charge is 0.105 e. The van der Waals surface area contributed by atoms with Crippen LogP contribution in [0.1, 0.15) is 28.2 Å². The number of ether oxygens (including phenoxy) is 1. The molecule has 0 radical (unpaired) electrons. The topological polar surface area (TPSA) is 21.3 Å². The van der Waals surface area contributed by atoms with Crippen molar-refractivity contribution in [2.75, 3.05) is 13.1 Å². The van der Waals surface area contributed by atoms with Gasteiger partial charge in [0.05, 0.1) is 6.10 Å². The molecule has 1 fully saturated rings. The molecular formula is C15H17NOS. The quantitative estimate of drug-likeness (QED) is 0.892. The van der Waals surface area contributed by atoms with Crippen molar-refractivity contribution in [3.05, 3.63) is 57.8 Å². The Bertz CT molecular complexity index is 508. The fraction of sp³-hybridized carbons (Fsp3) is 0.333. The molecule has 2 unspecified atom stereocenters. The molecule has 0 aliphatic carbocycles. The maximum Gasteiger partial charge on any atom is 0.105 e. The summed E-state index contributed by atoms with van der Waals surface area (Å²) >= 11 is 1.79. The first-order valence-corrected chi connectivity index (χ1v) is 7.17. The Morgan fingerprint density at radius 3 is 2.61 bits per heavy atom.